The van der Waals surface area contributed by atoms with Crippen LogP contribution in [0.15, 0.2) is 24.3 Å². The van der Waals surface area contributed by atoms with Crippen molar-refractivity contribution < 1.29 is 0 Å². The molecule has 0 heterocycles. The summed E-state index contributed by atoms with van der Waals surface area (Å²) in [5, 5.41) is 3.90. The van der Waals surface area contributed by atoms with Gasteiger partial charge in [-0.2, -0.15) is 0 Å². The third kappa shape index (κ3) is 2.55. The lowest BCUT2D eigenvalue weighted by atomic mass is 9.99. The maximum absolute atomic E-state index is 3.90. The molecule has 0 saturated heterocycles. The van der Waals surface area contributed by atoms with Gasteiger partial charge in [0.15, 0.2) is 0 Å². The van der Waals surface area contributed by atoms with Crippen LogP contribution in [0.5, 0.6) is 0 Å². The van der Waals surface area contributed by atoms with Gasteiger partial charge in [0.05, 0.1) is 0 Å². The molecule has 1 aromatic carbocycles. The molecule has 0 spiro atoms. The fourth-order valence-electron chi connectivity index (χ4n) is 3.02. The van der Waals surface area contributed by atoms with E-state index in [0.29, 0.717) is 6.04 Å². The first kappa shape index (κ1) is 11.3. The molecule has 92 valence electrons. The number of hydrogen-bond donors (Lipinski definition) is 1. The zero-order chi connectivity index (χ0) is 11.8. The smallest absolute Gasteiger partial charge is 0.0297 e. The predicted molar refractivity (Wildman–Crippen MR) is 72.0 cm³/mol. The molecule has 2 fully saturated rings. The molecular formula is C16H23N. The van der Waals surface area contributed by atoms with E-state index < -0.39 is 0 Å². The second-order valence-corrected chi connectivity index (χ2v) is 5.95. The largest absolute Gasteiger partial charge is 0.307 e. The van der Waals surface area contributed by atoms with Gasteiger partial charge in [-0.3, -0.25) is 0 Å². The molecule has 2 saturated carbocycles. The highest BCUT2D eigenvalue weighted by molar-refractivity contribution is 5.28. The SMILES string of the molecule is Cc1ccccc1[C@H](C)NC(C1CC1)C1CC1. The number of rotatable bonds is 5. The van der Waals surface area contributed by atoms with Crippen LogP contribution in [0.25, 0.3) is 0 Å². The number of benzene rings is 1. The minimum atomic E-state index is 0.502. The summed E-state index contributed by atoms with van der Waals surface area (Å²) < 4.78 is 0. The summed E-state index contributed by atoms with van der Waals surface area (Å²) in [5.74, 6) is 1.96. The molecule has 1 atom stereocenters. The van der Waals surface area contributed by atoms with Crippen molar-refractivity contribution in [3.63, 3.8) is 0 Å². The number of aryl methyl sites for hydroxylation is 1. The lowest BCUT2D eigenvalue weighted by molar-refractivity contribution is 0.377. The molecule has 1 N–H and O–H groups in total. The lowest BCUT2D eigenvalue weighted by Crippen LogP contribution is -2.35. The van der Waals surface area contributed by atoms with Crippen molar-refractivity contribution in [2.75, 3.05) is 0 Å². The van der Waals surface area contributed by atoms with Crippen LogP contribution >= 0.6 is 0 Å². The van der Waals surface area contributed by atoms with Crippen molar-refractivity contribution in [2.24, 2.45) is 11.8 Å². The minimum absolute atomic E-state index is 0.502. The van der Waals surface area contributed by atoms with Gasteiger partial charge in [-0.15, -0.1) is 0 Å². The molecule has 0 radical (unpaired) electrons. The third-order valence-electron chi connectivity index (χ3n) is 4.36. The van der Waals surface area contributed by atoms with Crippen molar-refractivity contribution in [3.05, 3.63) is 35.4 Å². The molecule has 0 aromatic heterocycles. The van der Waals surface area contributed by atoms with Gasteiger partial charge >= 0.3 is 0 Å². The van der Waals surface area contributed by atoms with Gasteiger partial charge in [-0.05, 0) is 62.5 Å². The normalized spacial score (nSPS) is 21.8. The van der Waals surface area contributed by atoms with Gasteiger partial charge in [0, 0.05) is 12.1 Å². The van der Waals surface area contributed by atoms with Gasteiger partial charge in [-0.1, -0.05) is 24.3 Å². The molecule has 0 unspecified atom stereocenters. The maximum atomic E-state index is 3.90. The Kier molecular flexibility index (Phi) is 2.96. The van der Waals surface area contributed by atoms with Crippen LogP contribution in [0.3, 0.4) is 0 Å². The van der Waals surface area contributed by atoms with Crippen LogP contribution in [0.4, 0.5) is 0 Å². The average molecular weight is 229 g/mol. The van der Waals surface area contributed by atoms with Crippen LogP contribution < -0.4 is 5.32 Å². The quantitative estimate of drug-likeness (QED) is 0.809. The summed E-state index contributed by atoms with van der Waals surface area (Å²) in [6.07, 6.45) is 5.81. The Balaban J connectivity index is 1.69. The second kappa shape index (κ2) is 4.45. The van der Waals surface area contributed by atoms with E-state index in [1.807, 2.05) is 0 Å². The van der Waals surface area contributed by atoms with Crippen molar-refractivity contribution in [1.82, 2.24) is 5.32 Å². The van der Waals surface area contributed by atoms with Crippen molar-refractivity contribution in [1.29, 1.82) is 0 Å². The summed E-state index contributed by atoms with van der Waals surface area (Å²) in [6, 6.07) is 10.1. The van der Waals surface area contributed by atoms with Crippen molar-refractivity contribution in [2.45, 2.75) is 51.6 Å². The van der Waals surface area contributed by atoms with Crippen molar-refractivity contribution in [3.8, 4) is 0 Å². The fraction of sp³-hybridized carbons (Fsp3) is 0.625. The first-order valence-corrected chi connectivity index (χ1v) is 7.07. The number of hydrogen-bond acceptors (Lipinski definition) is 1. The first-order chi connectivity index (χ1) is 8.25. The Hall–Kier alpha value is -0.820. The molecule has 0 amide bonds. The molecule has 1 nitrogen and oxygen atoms in total. The van der Waals surface area contributed by atoms with Crippen LogP contribution in [0, 0.1) is 18.8 Å². The zero-order valence-electron chi connectivity index (χ0n) is 10.9. The molecular weight excluding hydrogens is 206 g/mol. The Morgan fingerprint density at radius 2 is 1.65 bits per heavy atom. The average Bonchev–Trinajstić information content (AvgIpc) is 3.16. The Labute approximate surface area is 105 Å². The van der Waals surface area contributed by atoms with Crippen molar-refractivity contribution >= 4 is 0 Å². The lowest BCUT2D eigenvalue weighted by Gasteiger charge is -2.24. The standard InChI is InChI=1S/C16H23N/c1-11-5-3-4-6-15(11)12(2)17-16(13-7-8-13)14-9-10-14/h3-6,12-14,16-17H,7-10H2,1-2H3/t12-/m0/s1. The van der Waals surface area contributed by atoms with Gasteiger partial charge in [0.2, 0.25) is 0 Å². The van der Waals surface area contributed by atoms with E-state index in [0.717, 1.165) is 17.9 Å². The van der Waals surface area contributed by atoms with Crippen LogP contribution in [0.1, 0.15) is 49.8 Å². The molecule has 0 aliphatic heterocycles. The monoisotopic (exact) mass is 229 g/mol. The van der Waals surface area contributed by atoms with Gasteiger partial charge < -0.3 is 5.32 Å². The molecule has 3 rings (SSSR count). The molecule has 17 heavy (non-hydrogen) atoms. The van der Waals surface area contributed by atoms with E-state index in [2.05, 4.69) is 43.4 Å². The highest BCUT2D eigenvalue weighted by Crippen LogP contribution is 2.45. The molecule has 1 aromatic rings. The fourth-order valence-corrected chi connectivity index (χ4v) is 3.02. The summed E-state index contributed by atoms with van der Waals surface area (Å²) >= 11 is 0. The molecule has 0 bridgehead atoms. The summed E-state index contributed by atoms with van der Waals surface area (Å²) in [7, 11) is 0. The second-order valence-electron chi connectivity index (χ2n) is 5.95. The highest BCUT2D eigenvalue weighted by atomic mass is 15.0. The highest BCUT2D eigenvalue weighted by Gasteiger charge is 2.41. The maximum Gasteiger partial charge on any atom is 0.0297 e. The molecule has 2 aliphatic carbocycles. The summed E-state index contributed by atoms with van der Waals surface area (Å²) in [6.45, 7) is 4.54. The van der Waals surface area contributed by atoms with E-state index in [-0.39, 0.29) is 0 Å². The molecule has 2 aliphatic rings. The minimum Gasteiger partial charge on any atom is -0.307 e. The van der Waals surface area contributed by atoms with Gasteiger partial charge in [-0.25, -0.2) is 0 Å². The van der Waals surface area contributed by atoms with E-state index in [9.17, 15) is 0 Å². The van der Waals surface area contributed by atoms with Gasteiger partial charge in [0.25, 0.3) is 0 Å². The predicted octanol–water partition coefficient (Wildman–Crippen LogP) is 3.83. The Morgan fingerprint density at radius 1 is 1.06 bits per heavy atom. The van der Waals surface area contributed by atoms with E-state index in [4.69, 9.17) is 0 Å². The van der Waals surface area contributed by atoms with E-state index >= 15 is 0 Å². The van der Waals surface area contributed by atoms with Crippen LogP contribution in [0.2, 0.25) is 0 Å². The topological polar surface area (TPSA) is 12.0 Å². The number of nitrogens with one attached hydrogen (secondary N) is 1. The molecule has 1 heteroatoms. The third-order valence-corrected chi connectivity index (χ3v) is 4.36. The van der Waals surface area contributed by atoms with Crippen LogP contribution in [-0.4, -0.2) is 6.04 Å². The van der Waals surface area contributed by atoms with E-state index in [1.165, 1.54) is 36.8 Å². The van der Waals surface area contributed by atoms with E-state index in [1.54, 1.807) is 0 Å². The summed E-state index contributed by atoms with van der Waals surface area (Å²) in [5.41, 5.74) is 2.89. The first-order valence-electron chi connectivity index (χ1n) is 7.07. The Bertz CT molecular complexity index is 378. The van der Waals surface area contributed by atoms with Crippen LogP contribution in [-0.2, 0) is 0 Å². The Morgan fingerprint density at radius 3 is 2.18 bits per heavy atom. The van der Waals surface area contributed by atoms with Gasteiger partial charge in [0.1, 0.15) is 0 Å². The summed E-state index contributed by atoms with van der Waals surface area (Å²) in [4.78, 5) is 0. The zero-order valence-corrected chi connectivity index (χ0v) is 10.9.